The first-order valence-corrected chi connectivity index (χ1v) is 9.72. The predicted octanol–water partition coefficient (Wildman–Crippen LogP) is 3.16. The van der Waals surface area contributed by atoms with Gasteiger partial charge in [-0.15, -0.1) is 0 Å². The Kier molecular flexibility index (Phi) is 6.61. The van der Waals surface area contributed by atoms with Crippen molar-refractivity contribution in [3.8, 4) is 0 Å². The van der Waals surface area contributed by atoms with Crippen LogP contribution in [0.1, 0.15) is 33.9 Å². The molecule has 0 aliphatic heterocycles. The number of benzene rings is 2. The molecule has 0 heterocycles. The van der Waals surface area contributed by atoms with Crippen molar-refractivity contribution in [2.45, 2.75) is 24.9 Å². The second kappa shape index (κ2) is 9.15. The molecule has 2 aromatic rings. The maximum atomic E-state index is 12.4. The first kappa shape index (κ1) is 21.0. The predicted molar refractivity (Wildman–Crippen MR) is 109 cm³/mol. The van der Waals surface area contributed by atoms with E-state index in [9.17, 15) is 19.5 Å². The van der Waals surface area contributed by atoms with Crippen LogP contribution in [0.3, 0.4) is 0 Å². The molecule has 0 spiro atoms. The van der Waals surface area contributed by atoms with Gasteiger partial charge in [-0.2, -0.15) is 0 Å². The van der Waals surface area contributed by atoms with E-state index in [0.29, 0.717) is 0 Å². The molecule has 0 fully saturated rings. The molecule has 1 unspecified atom stereocenters. The molecule has 0 saturated carbocycles. The van der Waals surface area contributed by atoms with Gasteiger partial charge in [0, 0.05) is 0 Å². The van der Waals surface area contributed by atoms with Crippen LogP contribution >= 0.6 is 23.2 Å². The second-order valence-electron chi connectivity index (χ2n) is 6.61. The number of carbonyl (C=O) groups is 3. The van der Waals surface area contributed by atoms with E-state index in [4.69, 9.17) is 23.2 Å². The van der Waals surface area contributed by atoms with Gasteiger partial charge in [-0.1, -0.05) is 53.5 Å². The van der Waals surface area contributed by atoms with Crippen molar-refractivity contribution in [2.75, 3.05) is 6.54 Å². The van der Waals surface area contributed by atoms with Gasteiger partial charge in [-0.3, -0.25) is 4.79 Å². The molecule has 0 aromatic heterocycles. The van der Waals surface area contributed by atoms with Crippen LogP contribution in [-0.4, -0.2) is 35.6 Å². The van der Waals surface area contributed by atoms with Gasteiger partial charge in [0.15, 0.2) is 0 Å². The number of carboxylic acids is 1. The molecular weight excluding hydrogens is 417 g/mol. The molecule has 7 nitrogen and oxygen atoms in total. The largest absolute Gasteiger partial charge is 0.480 e. The fourth-order valence-corrected chi connectivity index (χ4v) is 3.83. The summed E-state index contributed by atoms with van der Waals surface area (Å²) in [4.78, 5) is 36.1. The Labute approximate surface area is 177 Å². The van der Waals surface area contributed by atoms with E-state index < -0.39 is 23.9 Å². The van der Waals surface area contributed by atoms with Crippen LogP contribution in [0.4, 0.5) is 4.79 Å². The summed E-state index contributed by atoms with van der Waals surface area (Å²) < 4.78 is 0. The van der Waals surface area contributed by atoms with Gasteiger partial charge in [0.1, 0.15) is 6.04 Å². The number of nitrogens with one attached hydrogen (secondary N) is 3. The molecule has 3 rings (SSSR count). The maximum Gasteiger partial charge on any atom is 0.328 e. The third-order valence-corrected chi connectivity index (χ3v) is 5.33. The molecule has 0 saturated heterocycles. The van der Waals surface area contributed by atoms with Gasteiger partial charge in [-0.05, 0) is 36.1 Å². The summed E-state index contributed by atoms with van der Waals surface area (Å²) in [5.74, 6) is -2.03. The number of hydrogen-bond acceptors (Lipinski definition) is 3. The van der Waals surface area contributed by atoms with Crippen molar-refractivity contribution >= 4 is 41.1 Å². The minimum Gasteiger partial charge on any atom is -0.480 e. The van der Waals surface area contributed by atoms with Gasteiger partial charge >= 0.3 is 12.0 Å². The number of fused-ring (bicyclic) bond motifs is 1. The highest BCUT2D eigenvalue weighted by atomic mass is 35.5. The smallest absolute Gasteiger partial charge is 0.328 e. The Bertz CT molecular complexity index is 931. The van der Waals surface area contributed by atoms with Crippen LogP contribution in [0.2, 0.25) is 10.0 Å². The highest BCUT2D eigenvalue weighted by Crippen LogP contribution is 2.30. The monoisotopic (exact) mass is 435 g/mol. The minimum atomic E-state index is -1.35. The number of aryl methyl sites for hydroxylation is 1. The zero-order valence-electron chi connectivity index (χ0n) is 15.2. The lowest BCUT2D eigenvalue weighted by atomic mass is 10.1. The molecule has 4 N–H and O–H groups in total. The summed E-state index contributed by atoms with van der Waals surface area (Å²) in [6.07, 6.45) is 1.64. The number of hydrogen-bond donors (Lipinski definition) is 4. The third-order valence-electron chi connectivity index (χ3n) is 4.70. The lowest BCUT2D eigenvalue weighted by molar-refractivity contribution is -0.139. The SMILES string of the molecule is O=C(NCC(NC(=O)c1c(Cl)cccc1Cl)C(=O)O)N[C@@H]1CCc2ccccc21. The Morgan fingerprint density at radius 2 is 1.76 bits per heavy atom. The maximum absolute atomic E-state index is 12.4. The number of amides is 3. The molecular formula is C20H19Cl2N3O4. The molecule has 0 radical (unpaired) electrons. The van der Waals surface area contributed by atoms with Crippen molar-refractivity contribution in [1.82, 2.24) is 16.0 Å². The summed E-state index contributed by atoms with van der Waals surface area (Å²) in [7, 11) is 0. The van der Waals surface area contributed by atoms with Crippen LogP contribution < -0.4 is 16.0 Å². The number of aliphatic carboxylic acids is 1. The van der Waals surface area contributed by atoms with Crippen molar-refractivity contribution in [1.29, 1.82) is 0 Å². The van der Waals surface area contributed by atoms with E-state index in [2.05, 4.69) is 16.0 Å². The van der Waals surface area contributed by atoms with Crippen LogP contribution in [0.15, 0.2) is 42.5 Å². The summed E-state index contributed by atoms with van der Waals surface area (Å²) in [6, 6.07) is 10.4. The number of rotatable bonds is 6. The molecule has 1 aliphatic carbocycles. The number of halogens is 2. The normalized spacial score (nSPS) is 15.9. The lowest BCUT2D eigenvalue weighted by Gasteiger charge is -2.18. The topological polar surface area (TPSA) is 108 Å². The van der Waals surface area contributed by atoms with Gasteiger partial charge in [-0.25, -0.2) is 9.59 Å². The second-order valence-corrected chi connectivity index (χ2v) is 7.42. The third kappa shape index (κ3) is 4.99. The highest BCUT2D eigenvalue weighted by Gasteiger charge is 2.26. The Balaban J connectivity index is 1.58. The standard InChI is InChI=1S/C20H19Cl2N3O4/c21-13-6-3-7-14(22)17(13)18(26)24-16(19(27)28)10-23-20(29)25-15-9-8-11-4-1-2-5-12(11)15/h1-7,15-16H,8-10H2,(H,24,26)(H,27,28)(H2,23,25,29)/t15-,16?/m1/s1. The van der Waals surface area contributed by atoms with E-state index >= 15 is 0 Å². The Morgan fingerprint density at radius 3 is 2.45 bits per heavy atom. The molecule has 2 aromatic carbocycles. The zero-order chi connectivity index (χ0) is 21.0. The van der Waals surface area contributed by atoms with Crippen molar-refractivity contribution < 1.29 is 19.5 Å². The summed E-state index contributed by atoms with van der Waals surface area (Å²) in [6.45, 7) is -0.302. The summed E-state index contributed by atoms with van der Waals surface area (Å²) in [5, 5.41) is 17.2. The molecule has 9 heteroatoms. The van der Waals surface area contributed by atoms with Crippen molar-refractivity contribution in [3.05, 3.63) is 69.2 Å². The highest BCUT2D eigenvalue weighted by molar-refractivity contribution is 6.39. The number of urea groups is 1. The number of carboxylic acid groups (broad SMARTS) is 1. The number of carbonyl (C=O) groups excluding carboxylic acids is 2. The van der Waals surface area contributed by atoms with E-state index in [-0.39, 0.29) is 28.2 Å². The van der Waals surface area contributed by atoms with Gasteiger partial charge in [0.25, 0.3) is 5.91 Å². The molecule has 3 amide bonds. The van der Waals surface area contributed by atoms with Crippen molar-refractivity contribution in [2.24, 2.45) is 0 Å². The van der Waals surface area contributed by atoms with E-state index in [1.165, 1.54) is 17.7 Å². The fraction of sp³-hybridized carbons (Fsp3) is 0.250. The van der Waals surface area contributed by atoms with Crippen LogP contribution in [-0.2, 0) is 11.2 Å². The first-order valence-electron chi connectivity index (χ1n) is 8.96. The molecule has 29 heavy (non-hydrogen) atoms. The van der Waals surface area contributed by atoms with Crippen molar-refractivity contribution in [3.63, 3.8) is 0 Å². The molecule has 0 bridgehead atoms. The van der Waals surface area contributed by atoms with Gasteiger partial charge < -0.3 is 21.1 Å². The summed E-state index contributed by atoms with van der Waals surface area (Å²) >= 11 is 12.0. The average molecular weight is 436 g/mol. The van der Waals surface area contributed by atoms with Crippen LogP contribution in [0, 0.1) is 0 Å². The van der Waals surface area contributed by atoms with E-state index in [0.717, 1.165) is 18.4 Å². The van der Waals surface area contributed by atoms with Gasteiger partial charge in [0.2, 0.25) is 0 Å². The minimum absolute atomic E-state index is 0.0194. The molecule has 152 valence electrons. The van der Waals surface area contributed by atoms with Crippen LogP contribution in [0.5, 0.6) is 0 Å². The average Bonchev–Trinajstić information content (AvgIpc) is 3.07. The quantitative estimate of drug-likeness (QED) is 0.558. The Hall–Kier alpha value is -2.77. The zero-order valence-corrected chi connectivity index (χ0v) is 16.8. The molecule has 1 aliphatic rings. The lowest BCUT2D eigenvalue weighted by Crippen LogP contribution is -2.50. The fourth-order valence-electron chi connectivity index (χ4n) is 3.26. The van der Waals surface area contributed by atoms with E-state index in [1.807, 2.05) is 24.3 Å². The first-order chi connectivity index (χ1) is 13.9. The van der Waals surface area contributed by atoms with E-state index in [1.54, 1.807) is 6.07 Å². The van der Waals surface area contributed by atoms with Gasteiger partial charge in [0.05, 0.1) is 28.2 Å². The van der Waals surface area contributed by atoms with Crippen LogP contribution in [0.25, 0.3) is 0 Å². The molecule has 2 atom stereocenters. The Morgan fingerprint density at radius 1 is 1.07 bits per heavy atom. The summed E-state index contributed by atoms with van der Waals surface area (Å²) in [5.41, 5.74) is 2.22.